The van der Waals surface area contributed by atoms with Crippen molar-refractivity contribution < 1.29 is 0 Å². The first kappa shape index (κ1) is 58.8. The van der Waals surface area contributed by atoms with E-state index in [-0.39, 0.29) is 0 Å². The molecule has 0 saturated heterocycles. The third-order valence-corrected chi connectivity index (χ3v) is 22.2. The molecule has 6 heteroatoms. The molecule has 0 unspecified atom stereocenters. The summed E-state index contributed by atoms with van der Waals surface area (Å²) in [6.45, 7) is 6.62. The summed E-state index contributed by atoms with van der Waals surface area (Å²) in [4.78, 5) is 9.81. The summed E-state index contributed by atoms with van der Waals surface area (Å²) >= 11 is 3.82. The van der Waals surface area contributed by atoms with Gasteiger partial charge in [0.25, 0.3) is 0 Å². The first-order valence-corrected chi connectivity index (χ1v) is 35.3. The van der Waals surface area contributed by atoms with Crippen LogP contribution in [0.5, 0.6) is 0 Å². The van der Waals surface area contributed by atoms with Gasteiger partial charge in [0.05, 0.1) is 22.7 Å². The lowest BCUT2D eigenvalue weighted by Gasteiger charge is -2.28. The Morgan fingerprint density at radius 2 is 0.500 bits per heavy atom. The van der Waals surface area contributed by atoms with E-state index in [0.717, 1.165) is 74.7 Å². The molecule has 0 atom stereocenters. The van der Waals surface area contributed by atoms with Gasteiger partial charge >= 0.3 is 0 Å². The number of thiophene rings is 2. The van der Waals surface area contributed by atoms with E-state index in [0.29, 0.717) is 0 Å². The largest absolute Gasteiger partial charge is 0.310 e. The van der Waals surface area contributed by atoms with Crippen LogP contribution in [0.25, 0.3) is 83.4 Å². The maximum absolute atomic E-state index is 2.48. The number of para-hydroxylation sites is 4. The molecule has 0 radical (unpaired) electrons. The molecular formula is C92H66N4S2. The SMILES string of the molecule is Cc1ccc(N(c2ccccc2)c2cc3c4cc(N(c5ccccc5)c5ccc(Cc6ccc(N(c7ccccc7)c7cc8c9cc(N(c%10ccccc%10)c%10cccc(C)c%10)c%10ccccc%10c9sc8c8ccccc78)cc6C)cc5)c5ccccc5c4sc3c3ccccc23)cc1. The lowest BCUT2D eigenvalue weighted by molar-refractivity contribution is 1.14. The van der Waals surface area contributed by atoms with Crippen molar-refractivity contribution in [3.63, 3.8) is 0 Å². The summed E-state index contributed by atoms with van der Waals surface area (Å²) in [6.07, 6.45) is 0.784. The van der Waals surface area contributed by atoms with Gasteiger partial charge in [-0.1, -0.05) is 218 Å². The second kappa shape index (κ2) is 24.4. The molecule has 98 heavy (non-hydrogen) atoms. The lowest BCUT2D eigenvalue weighted by atomic mass is 9.97. The number of hydrogen-bond donors (Lipinski definition) is 0. The van der Waals surface area contributed by atoms with Gasteiger partial charge in [0, 0.05) is 129 Å². The third kappa shape index (κ3) is 10.2. The standard InChI is InChI=1S/C92H66N4S2/c1-60-43-48-69(49-44-60)93(65-26-8-4-9-27-65)85-56-81-82-57-86(74-36-17-21-40-78(74)90(82)97-89(81)77-39-20-16-35-73(77)85)94(66-28-10-5-11-29-66)70-50-45-63(46-51-70)55-64-47-52-72(54-62(64)3)96(68-32-14-7-15-33-68)88-59-84-83-58-87(95(67-30-12-6-13-31-67)71-34-24-25-61(2)53-71)75-37-18-22-41-79(75)91(83)98-92(84)80-42-23-19-38-76(80)88/h4-54,56-59H,55H2,1-3H3. The van der Waals surface area contributed by atoms with E-state index in [1.54, 1.807) is 0 Å². The first-order chi connectivity index (χ1) is 48.3. The Bertz CT molecular complexity index is 6070. The Kier molecular flexibility index (Phi) is 14.7. The molecular weight excluding hydrogens is 1230 g/mol. The van der Waals surface area contributed by atoms with Crippen molar-refractivity contribution in [3.05, 3.63) is 361 Å². The Labute approximate surface area is 578 Å². The molecule has 0 aliphatic rings. The van der Waals surface area contributed by atoms with E-state index < -0.39 is 0 Å². The van der Waals surface area contributed by atoms with Gasteiger partial charge in [-0.2, -0.15) is 0 Å². The van der Waals surface area contributed by atoms with Crippen molar-refractivity contribution in [1.82, 2.24) is 0 Å². The van der Waals surface area contributed by atoms with Gasteiger partial charge in [-0.3, -0.25) is 0 Å². The van der Waals surface area contributed by atoms with E-state index >= 15 is 0 Å². The van der Waals surface area contributed by atoms with Gasteiger partial charge in [0.2, 0.25) is 0 Å². The van der Waals surface area contributed by atoms with Crippen LogP contribution in [0.2, 0.25) is 0 Å². The highest BCUT2D eigenvalue weighted by Gasteiger charge is 2.27. The van der Waals surface area contributed by atoms with Crippen LogP contribution >= 0.6 is 22.7 Å². The molecule has 18 aromatic rings. The summed E-state index contributed by atoms with van der Waals surface area (Å²) in [7, 11) is 0. The van der Waals surface area contributed by atoms with Gasteiger partial charge in [-0.15, -0.1) is 22.7 Å². The Hall–Kier alpha value is -11.8. The van der Waals surface area contributed by atoms with Crippen LogP contribution in [0.1, 0.15) is 27.8 Å². The topological polar surface area (TPSA) is 13.0 Å². The molecule has 0 amide bonds. The second-order valence-electron chi connectivity index (χ2n) is 25.8. The van der Waals surface area contributed by atoms with E-state index in [1.807, 2.05) is 22.7 Å². The van der Waals surface area contributed by atoms with Crippen LogP contribution in [0.3, 0.4) is 0 Å². The van der Waals surface area contributed by atoms with Crippen molar-refractivity contribution in [2.24, 2.45) is 0 Å². The number of rotatable bonds is 14. The van der Waals surface area contributed by atoms with Crippen molar-refractivity contribution in [2.75, 3.05) is 19.6 Å². The van der Waals surface area contributed by atoms with Crippen molar-refractivity contribution in [2.45, 2.75) is 27.2 Å². The molecule has 0 aliphatic heterocycles. The van der Waals surface area contributed by atoms with Gasteiger partial charge in [0.1, 0.15) is 0 Å². The fourth-order valence-corrected chi connectivity index (χ4v) is 17.7. The van der Waals surface area contributed by atoms with Gasteiger partial charge in [0.15, 0.2) is 0 Å². The molecule has 18 rings (SSSR count). The number of fused-ring (bicyclic) bond motifs is 14. The fraction of sp³-hybridized carbons (Fsp3) is 0.0435. The average molecular weight is 1290 g/mol. The predicted molar refractivity (Wildman–Crippen MR) is 424 cm³/mol. The zero-order valence-corrected chi connectivity index (χ0v) is 56.2. The smallest absolute Gasteiger partial charge is 0.0547 e. The fourth-order valence-electron chi connectivity index (χ4n) is 15.0. The second-order valence-corrected chi connectivity index (χ2v) is 27.8. The summed E-state index contributed by atoms with van der Waals surface area (Å²) in [6, 6.07) is 123. The Morgan fingerprint density at radius 1 is 0.214 bits per heavy atom. The normalized spacial score (nSPS) is 11.7. The summed E-state index contributed by atoms with van der Waals surface area (Å²) in [5, 5.41) is 14.8. The molecule has 0 N–H and O–H groups in total. The van der Waals surface area contributed by atoms with E-state index in [9.17, 15) is 0 Å². The van der Waals surface area contributed by atoms with E-state index in [4.69, 9.17) is 0 Å². The summed E-state index contributed by atoms with van der Waals surface area (Å²) in [5.74, 6) is 0. The van der Waals surface area contributed by atoms with Gasteiger partial charge in [-0.05, 0) is 171 Å². The number of anilines is 12. The molecule has 0 spiro atoms. The number of nitrogens with zero attached hydrogens (tertiary/aromatic N) is 4. The van der Waals surface area contributed by atoms with E-state index in [1.165, 1.54) is 111 Å². The lowest BCUT2D eigenvalue weighted by Crippen LogP contribution is -2.11. The Balaban J connectivity index is 0.733. The molecule has 466 valence electrons. The molecule has 4 nitrogen and oxygen atoms in total. The highest BCUT2D eigenvalue weighted by atomic mass is 32.1. The number of hydrogen-bond acceptors (Lipinski definition) is 6. The molecule has 2 aromatic heterocycles. The highest BCUT2D eigenvalue weighted by Crippen LogP contribution is 2.54. The van der Waals surface area contributed by atoms with Crippen LogP contribution in [0, 0.1) is 20.8 Å². The van der Waals surface area contributed by atoms with Crippen molar-refractivity contribution in [3.8, 4) is 0 Å². The van der Waals surface area contributed by atoms with Gasteiger partial charge in [-0.25, -0.2) is 0 Å². The zero-order valence-electron chi connectivity index (χ0n) is 54.6. The molecule has 0 fully saturated rings. The maximum atomic E-state index is 2.48. The average Bonchev–Trinajstić information content (AvgIpc) is 1.55. The quantitative estimate of drug-likeness (QED) is 0.108. The minimum Gasteiger partial charge on any atom is -0.310 e. The van der Waals surface area contributed by atoms with Crippen molar-refractivity contribution >= 4 is 174 Å². The maximum Gasteiger partial charge on any atom is 0.0547 e. The van der Waals surface area contributed by atoms with Gasteiger partial charge < -0.3 is 19.6 Å². The zero-order chi connectivity index (χ0) is 65.4. The Morgan fingerprint density at radius 3 is 0.847 bits per heavy atom. The third-order valence-electron chi connectivity index (χ3n) is 19.6. The van der Waals surface area contributed by atoms with Crippen LogP contribution in [0.15, 0.2) is 334 Å². The molecule has 0 saturated carbocycles. The van der Waals surface area contributed by atoms with Crippen LogP contribution in [0.4, 0.5) is 68.2 Å². The number of benzene rings is 16. The minimum atomic E-state index is 0.784. The molecule has 0 bridgehead atoms. The molecule has 16 aromatic carbocycles. The van der Waals surface area contributed by atoms with Crippen LogP contribution < -0.4 is 19.6 Å². The monoisotopic (exact) mass is 1290 g/mol. The summed E-state index contributed by atoms with van der Waals surface area (Å²) in [5.41, 5.74) is 19.7. The molecule has 0 aliphatic carbocycles. The number of aryl methyl sites for hydroxylation is 3. The van der Waals surface area contributed by atoms with Crippen molar-refractivity contribution in [1.29, 1.82) is 0 Å². The van der Waals surface area contributed by atoms with E-state index in [2.05, 4.69) is 374 Å². The molecule has 2 heterocycles. The minimum absolute atomic E-state index is 0.784. The predicted octanol–water partition coefficient (Wildman–Crippen LogP) is 27.4. The first-order valence-electron chi connectivity index (χ1n) is 33.7. The highest BCUT2D eigenvalue weighted by molar-refractivity contribution is 7.28. The van der Waals surface area contributed by atoms with Crippen LogP contribution in [-0.2, 0) is 6.42 Å². The summed E-state index contributed by atoms with van der Waals surface area (Å²) < 4.78 is 5.17. The van der Waals surface area contributed by atoms with Crippen LogP contribution in [-0.4, -0.2) is 0 Å².